The average Bonchev–Trinajstić information content (AvgIpc) is 3.26. The predicted molar refractivity (Wildman–Crippen MR) is 113 cm³/mol. The molecule has 1 N–H and O–H groups in total. The van der Waals surface area contributed by atoms with Crippen molar-refractivity contribution in [3.05, 3.63) is 54.4 Å². The Hall–Kier alpha value is -3.69. The molecule has 0 bridgehead atoms. The molecule has 2 aromatic heterocycles. The molecular formula is C22H20F3N5O2. The number of aryl methyl sites for hydroxylation is 1. The fourth-order valence-corrected chi connectivity index (χ4v) is 3.64. The largest absolute Gasteiger partial charge is 0.493 e. The van der Waals surface area contributed by atoms with E-state index in [1.165, 1.54) is 12.1 Å². The summed E-state index contributed by atoms with van der Waals surface area (Å²) in [4.78, 5) is 16.1. The van der Waals surface area contributed by atoms with E-state index in [4.69, 9.17) is 0 Å². The zero-order chi connectivity index (χ0) is 22.9. The maximum Gasteiger partial charge on any atom is 0.449 e. The van der Waals surface area contributed by atoms with Crippen molar-refractivity contribution < 1.29 is 23.1 Å². The normalized spacial score (nSPS) is 12.4. The number of alkyl halides is 3. The smallest absolute Gasteiger partial charge is 0.449 e. The number of hydrogen-bond acceptors (Lipinski definition) is 4. The molecule has 0 spiro atoms. The molecule has 4 aromatic rings. The molecule has 10 heteroatoms. The number of aromatic hydroxyl groups is 1. The molecule has 166 valence electrons. The van der Waals surface area contributed by atoms with Gasteiger partial charge in [-0.3, -0.25) is 4.79 Å². The van der Waals surface area contributed by atoms with Crippen LogP contribution in [0.5, 0.6) is 5.88 Å². The average molecular weight is 443 g/mol. The molecule has 32 heavy (non-hydrogen) atoms. The molecule has 0 unspecified atom stereocenters. The molecule has 0 atom stereocenters. The van der Waals surface area contributed by atoms with Gasteiger partial charge in [-0.2, -0.15) is 13.2 Å². The molecular weight excluding hydrogens is 423 g/mol. The highest BCUT2D eigenvalue weighted by molar-refractivity contribution is 5.95. The zero-order valence-electron chi connectivity index (χ0n) is 17.2. The van der Waals surface area contributed by atoms with Gasteiger partial charge in [0.15, 0.2) is 5.69 Å². The first kappa shape index (κ1) is 21.5. The lowest BCUT2D eigenvalue weighted by molar-refractivity contribution is -0.147. The summed E-state index contributed by atoms with van der Waals surface area (Å²) in [5.74, 6) is -2.22. The van der Waals surface area contributed by atoms with E-state index in [-0.39, 0.29) is 22.6 Å². The summed E-state index contributed by atoms with van der Waals surface area (Å²) in [6.07, 6.45) is -2.99. The number of carbonyl (C=O) groups is 1. The van der Waals surface area contributed by atoms with Crippen LogP contribution in [0.3, 0.4) is 0 Å². The van der Waals surface area contributed by atoms with Gasteiger partial charge in [0, 0.05) is 11.9 Å². The second-order valence-corrected chi connectivity index (χ2v) is 7.30. The van der Waals surface area contributed by atoms with Gasteiger partial charge in [-0.25, -0.2) is 4.98 Å². The van der Waals surface area contributed by atoms with Crippen molar-refractivity contribution in [2.24, 2.45) is 10.2 Å². The van der Waals surface area contributed by atoms with Gasteiger partial charge < -0.3 is 14.2 Å². The maximum absolute atomic E-state index is 13.4. The van der Waals surface area contributed by atoms with Crippen molar-refractivity contribution in [2.45, 2.75) is 39.0 Å². The Balaban J connectivity index is 1.67. The summed E-state index contributed by atoms with van der Waals surface area (Å²) in [6, 6.07) is 13.2. The van der Waals surface area contributed by atoms with Gasteiger partial charge in [-0.15, -0.1) is 10.2 Å². The van der Waals surface area contributed by atoms with Crippen LogP contribution in [-0.4, -0.2) is 25.1 Å². The van der Waals surface area contributed by atoms with Gasteiger partial charge in [0.2, 0.25) is 11.7 Å². The quantitative estimate of drug-likeness (QED) is 0.381. The van der Waals surface area contributed by atoms with Crippen LogP contribution >= 0.6 is 0 Å². The third-order valence-electron chi connectivity index (χ3n) is 5.12. The number of imidazole rings is 1. The number of aromatic nitrogens is 3. The molecule has 0 aliphatic carbocycles. The molecule has 0 fully saturated rings. The minimum atomic E-state index is -4.73. The van der Waals surface area contributed by atoms with E-state index in [1.807, 2.05) is 19.1 Å². The Morgan fingerprint density at radius 2 is 1.75 bits per heavy atom. The van der Waals surface area contributed by atoms with Crippen LogP contribution in [-0.2, 0) is 24.1 Å². The lowest BCUT2D eigenvalue weighted by atomic mass is 10.2. The summed E-state index contributed by atoms with van der Waals surface area (Å²) in [5.41, 5.74) is 1.14. The number of nitrogens with zero attached hydrogens (tertiary/aromatic N) is 5. The minimum absolute atomic E-state index is 0.108. The SMILES string of the molecule is CCCCn1c(O)c(N=NC(=O)Cn2c(C(F)(F)F)nc3ccccc32)c2ccccc21. The standard InChI is InChI=1S/C22H20F3N5O2/c1-2-3-12-29-16-10-6-4-8-14(16)19(20(29)32)28-27-18(31)13-30-17-11-7-5-9-15(17)26-21(30)22(23,24)25/h4-11,32H,2-3,12-13H2,1H3. The van der Waals surface area contributed by atoms with Crippen LogP contribution in [0.4, 0.5) is 18.9 Å². The van der Waals surface area contributed by atoms with Crippen molar-refractivity contribution in [1.82, 2.24) is 14.1 Å². The maximum atomic E-state index is 13.4. The van der Waals surface area contributed by atoms with E-state index in [1.54, 1.807) is 28.8 Å². The molecule has 0 saturated carbocycles. The Kier molecular flexibility index (Phi) is 5.68. The number of benzene rings is 2. The minimum Gasteiger partial charge on any atom is -0.493 e. The van der Waals surface area contributed by atoms with E-state index >= 15 is 0 Å². The van der Waals surface area contributed by atoms with E-state index in [0.717, 1.165) is 22.9 Å². The number of azo groups is 1. The molecule has 0 aliphatic rings. The lowest BCUT2D eigenvalue weighted by Gasteiger charge is -2.09. The zero-order valence-corrected chi connectivity index (χ0v) is 17.2. The topological polar surface area (TPSA) is 84.8 Å². The van der Waals surface area contributed by atoms with Crippen molar-refractivity contribution in [1.29, 1.82) is 0 Å². The van der Waals surface area contributed by atoms with Crippen LogP contribution in [0, 0.1) is 0 Å². The van der Waals surface area contributed by atoms with E-state index in [0.29, 0.717) is 11.9 Å². The summed E-state index contributed by atoms with van der Waals surface area (Å²) in [6.45, 7) is 1.90. The first-order chi connectivity index (χ1) is 15.3. The molecule has 0 radical (unpaired) electrons. The second-order valence-electron chi connectivity index (χ2n) is 7.30. The molecule has 2 aromatic carbocycles. The number of amides is 1. The third kappa shape index (κ3) is 3.95. The number of halogens is 3. The summed E-state index contributed by atoms with van der Waals surface area (Å²) < 4.78 is 42.8. The van der Waals surface area contributed by atoms with Crippen molar-refractivity contribution in [3.63, 3.8) is 0 Å². The van der Waals surface area contributed by atoms with Crippen LogP contribution in [0.25, 0.3) is 21.9 Å². The Bertz CT molecular complexity index is 1320. The molecule has 0 saturated heterocycles. The molecule has 7 nitrogen and oxygen atoms in total. The van der Waals surface area contributed by atoms with E-state index in [2.05, 4.69) is 15.2 Å². The van der Waals surface area contributed by atoms with Crippen LogP contribution in [0.2, 0.25) is 0 Å². The number of rotatable bonds is 6. The van der Waals surface area contributed by atoms with Gasteiger partial charge in [-0.05, 0) is 24.6 Å². The number of carbonyl (C=O) groups excluding carboxylic acids is 1. The molecule has 4 rings (SSSR count). The monoisotopic (exact) mass is 443 g/mol. The predicted octanol–water partition coefficient (Wildman–Crippen LogP) is 5.83. The van der Waals surface area contributed by atoms with Gasteiger partial charge in [-0.1, -0.05) is 43.7 Å². The second kappa shape index (κ2) is 8.45. The van der Waals surface area contributed by atoms with Crippen LogP contribution in [0.15, 0.2) is 58.8 Å². The first-order valence-electron chi connectivity index (χ1n) is 10.1. The van der Waals surface area contributed by atoms with E-state index < -0.39 is 24.5 Å². The molecule has 1 amide bonds. The number of unbranched alkanes of at least 4 members (excludes halogenated alkanes) is 1. The third-order valence-corrected chi connectivity index (χ3v) is 5.12. The van der Waals surface area contributed by atoms with Gasteiger partial charge in [0.25, 0.3) is 5.91 Å². The van der Waals surface area contributed by atoms with Crippen molar-refractivity contribution >= 4 is 33.5 Å². The molecule has 2 heterocycles. The highest BCUT2D eigenvalue weighted by Gasteiger charge is 2.38. The van der Waals surface area contributed by atoms with Gasteiger partial charge >= 0.3 is 6.18 Å². The first-order valence-corrected chi connectivity index (χ1v) is 10.1. The molecule has 0 aliphatic heterocycles. The Morgan fingerprint density at radius 3 is 2.47 bits per heavy atom. The van der Waals surface area contributed by atoms with Crippen LogP contribution in [0.1, 0.15) is 25.6 Å². The Labute approximate surface area is 180 Å². The fourth-order valence-electron chi connectivity index (χ4n) is 3.64. The lowest BCUT2D eigenvalue weighted by Crippen LogP contribution is -2.18. The summed E-state index contributed by atoms with van der Waals surface area (Å²) in [5, 5.41) is 18.7. The van der Waals surface area contributed by atoms with Gasteiger partial charge in [0.1, 0.15) is 6.54 Å². The summed E-state index contributed by atoms with van der Waals surface area (Å²) in [7, 11) is 0. The summed E-state index contributed by atoms with van der Waals surface area (Å²) >= 11 is 0. The van der Waals surface area contributed by atoms with E-state index in [9.17, 15) is 23.1 Å². The highest BCUT2D eigenvalue weighted by Crippen LogP contribution is 2.39. The van der Waals surface area contributed by atoms with Crippen molar-refractivity contribution in [2.75, 3.05) is 0 Å². The highest BCUT2D eigenvalue weighted by atomic mass is 19.4. The fraction of sp³-hybridized carbons (Fsp3) is 0.273. The number of fused-ring (bicyclic) bond motifs is 2. The number of para-hydroxylation sites is 3. The van der Waals surface area contributed by atoms with Crippen LogP contribution < -0.4 is 0 Å². The Morgan fingerprint density at radius 1 is 1.06 bits per heavy atom. The number of hydrogen-bond donors (Lipinski definition) is 1. The van der Waals surface area contributed by atoms with Crippen molar-refractivity contribution in [3.8, 4) is 5.88 Å². The van der Waals surface area contributed by atoms with Gasteiger partial charge in [0.05, 0.1) is 16.6 Å².